The standard InChI is InChI=1S/C13H17NO5.H2/c15-11-8-9-12(16)14(11)19-13(17)18-10-6-4-2-1-3-5-7-10;/h1-2,10H,3-9H2;1H/b2-1+;/t10-;/m0./s1. The van der Waals surface area contributed by atoms with E-state index in [-0.39, 0.29) is 20.4 Å². The molecule has 6 heteroatoms. The van der Waals surface area contributed by atoms with Gasteiger partial charge in [-0.25, -0.2) is 4.79 Å². The third-order valence-electron chi connectivity index (χ3n) is 3.15. The van der Waals surface area contributed by atoms with Crippen molar-refractivity contribution in [2.75, 3.05) is 0 Å². The Hall–Kier alpha value is -1.85. The molecule has 0 unspecified atom stereocenters. The average molecular weight is 269 g/mol. The lowest BCUT2D eigenvalue weighted by Gasteiger charge is -2.19. The number of nitrogens with zero attached hydrogens (tertiary/aromatic N) is 1. The number of carbonyl (C=O) groups excluding carboxylic acids is 3. The van der Waals surface area contributed by atoms with E-state index in [1.54, 1.807) is 0 Å². The summed E-state index contributed by atoms with van der Waals surface area (Å²) in [5.74, 6) is -0.995. The van der Waals surface area contributed by atoms with Crippen LogP contribution in [0.25, 0.3) is 0 Å². The van der Waals surface area contributed by atoms with Crippen molar-refractivity contribution in [1.82, 2.24) is 5.06 Å². The Morgan fingerprint density at radius 1 is 1.16 bits per heavy atom. The first-order valence-electron chi connectivity index (χ1n) is 6.56. The smallest absolute Gasteiger partial charge is 0.429 e. The highest BCUT2D eigenvalue weighted by molar-refractivity contribution is 6.01. The van der Waals surface area contributed by atoms with Gasteiger partial charge in [-0.1, -0.05) is 17.2 Å². The fourth-order valence-electron chi connectivity index (χ4n) is 2.13. The Balaban J connectivity index is 0.00000200. The highest BCUT2D eigenvalue weighted by Crippen LogP contribution is 2.18. The molecule has 2 amide bonds. The van der Waals surface area contributed by atoms with Crippen molar-refractivity contribution in [3.63, 3.8) is 0 Å². The Morgan fingerprint density at radius 2 is 1.84 bits per heavy atom. The predicted octanol–water partition coefficient (Wildman–Crippen LogP) is 2.34. The summed E-state index contributed by atoms with van der Waals surface area (Å²) in [6.07, 6.45) is 7.41. The first-order valence-corrected chi connectivity index (χ1v) is 6.56. The number of carbonyl (C=O) groups is 3. The topological polar surface area (TPSA) is 72.9 Å². The van der Waals surface area contributed by atoms with Gasteiger partial charge < -0.3 is 4.74 Å². The van der Waals surface area contributed by atoms with Crippen LogP contribution in [-0.2, 0) is 19.2 Å². The lowest BCUT2D eigenvalue weighted by Crippen LogP contribution is -2.33. The molecular formula is C13H19NO5. The van der Waals surface area contributed by atoms with E-state index >= 15 is 0 Å². The molecule has 1 aliphatic heterocycles. The van der Waals surface area contributed by atoms with Gasteiger partial charge in [-0.05, 0) is 32.1 Å². The second-order valence-corrected chi connectivity index (χ2v) is 4.64. The van der Waals surface area contributed by atoms with Crippen LogP contribution in [0, 0.1) is 0 Å². The lowest BCUT2D eigenvalue weighted by atomic mass is 10.0. The SMILES string of the molecule is O=C(O[C@H]1CC/C=C/CCC1)ON1C(=O)CCC1=O.[HH]. The van der Waals surface area contributed by atoms with Gasteiger partial charge in [0.1, 0.15) is 6.10 Å². The molecule has 106 valence electrons. The van der Waals surface area contributed by atoms with Crippen molar-refractivity contribution in [2.24, 2.45) is 0 Å². The van der Waals surface area contributed by atoms with Crippen LogP contribution in [0.1, 0.15) is 46.4 Å². The molecule has 0 bridgehead atoms. The van der Waals surface area contributed by atoms with Crippen molar-refractivity contribution in [1.29, 1.82) is 0 Å². The van der Waals surface area contributed by atoms with Crippen LogP contribution in [0.15, 0.2) is 12.2 Å². The molecule has 0 N–H and O–H groups in total. The van der Waals surface area contributed by atoms with Gasteiger partial charge in [-0.2, -0.15) is 0 Å². The van der Waals surface area contributed by atoms with Gasteiger partial charge in [-0.15, -0.1) is 0 Å². The van der Waals surface area contributed by atoms with Crippen LogP contribution in [0.4, 0.5) is 4.79 Å². The quantitative estimate of drug-likeness (QED) is 0.437. The molecule has 1 aliphatic carbocycles. The molecule has 0 saturated carbocycles. The molecule has 0 radical (unpaired) electrons. The number of hydrogen-bond acceptors (Lipinski definition) is 5. The summed E-state index contributed by atoms with van der Waals surface area (Å²) in [6, 6.07) is 0. The molecule has 1 heterocycles. The van der Waals surface area contributed by atoms with Crippen LogP contribution >= 0.6 is 0 Å². The number of rotatable bonds is 2. The summed E-state index contributed by atoms with van der Waals surface area (Å²) in [6.45, 7) is 0. The Morgan fingerprint density at radius 3 is 2.58 bits per heavy atom. The van der Waals surface area contributed by atoms with Gasteiger partial charge in [0, 0.05) is 14.3 Å². The number of ether oxygens (including phenoxy) is 1. The van der Waals surface area contributed by atoms with E-state index in [0.29, 0.717) is 5.06 Å². The minimum absolute atomic E-state index is 0. The van der Waals surface area contributed by atoms with E-state index in [1.165, 1.54) is 0 Å². The largest absolute Gasteiger partial charge is 0.534 e. The Bertz CT molecular complexity index is 394. The molecule has 19 heavy (non-hydrogen) atoms. The molecule has 0 aromatic rings. The molecular weight excluding hydrogens is 250 g/mol. The van der Waals surface area contributed by atoms with Crippen LogP contribution in [-0.4, -0.2) is 29.1 Å². The van der Waals surface area contributed by atoms with Crippen molar-refractivity contribution in [3.8, 4) is 0 Å². The summed E-state index contributed by atoms with van der Waals surface area (Å²) >= 11 is 0. The first kappa shape index (κ1) is 13.6. The maximum atomic E-state index is 11.5. The van der Waals surface area contributed by atoms with Crippen molar-refractivity contribution in [2.45, 2.75) is 51.0 Å². The number of hydroxylamine groups is 2. The zero-order valence-electron chi connectivity index (χ0n) is 10.7. The highest BCUT2D eigenvalue weighted by atomic mass is 16.8. The zero-order chi connectivity index (χ0) is 13.7. The van der Waals surface area contributed by atoms with Gasteiger partial charge in [0.2, 0.25) is 0 Å². The summed E-state index contributed by atoms with van der Waals surface area (Å²) in [7, 11) is 0. The minimum Gasteiger partial charge on any atom is -0.429 e. The maximum absolute atomic E-state index is 11.5. The highest BCUT2D eigenvalue weighted by Gasteiger charge is 2.33. The van der Waals surface area contributed by atoms with Gasteiger partial charge in [0.15, 0.2) is 0 Å². The van der Waals surface area contributed by atoms with E-state index in [9.17, 15) is 14.4 Å². The molecule has 0 spiro atoms. The lowest BCUT2D eigenvalue weighted by molar-refractivity contribution is -0.178. The van der Waals surface area contributed by atoms with Crippen molar-refractivity contribution < 1.29 is 25.4 Å². The van der Waals surface area contributed by atoms with E-state index in [2.05, 4.69) is 17.0 Å². The van der Waals surface area contributed by atoms with Crippen molar-refractivity contribution in [3.05, 3.63) is 12.2 Å². The van der Waals surface area contributed by atoms with Gasteiger partial charge in [0.25, 0.3) is 11.8 Å². The number of hydrogen-bond donors (Lipinski definition) is 0. The van der Waals surface area contributed by atoms with E-state index in [4.69, 9.17) is 4.74 Å². The normalized spacial score (nSPS) is 25.7. The second-order valence-electron chi connectivity index (χ2n) is 4.64. The number of allylic oxidation sites excluding steroid dienone is 2. The van der Waals surface area contributed by atoms with Crippen LogP contribution in [0.3, 0.4) is 0 Å². The Labute approximate surface area is 112 Å². The number of imide groups is 1. The minimum atomic E-state index is -0.974. The van der Waals surface area contributed by atoms with Crippen LogP contribution in [0.5, 0.6) is 0 Å². The molecule has 6 nitrogen and oxygen atoms in total. The summed E-state index contributed by atoms with van der Waals surface area (Å²) < 4.78 is 5.14. The summed E-state index contributed by atoms with van der Waals surface area (Å²) in [4.78, 5) is 38.8. The van der Waals surface area contributed by atoms with E-state index < -0.39 is 18.0 Å². The molecule has 1 atom stereocenters. The maximum Gasteiger partial charge on any atom is 0.534 e. The van der Waals surface area contributed by atoms with E-state index in [0.717, 1.165) is 32.1 Å². The molecule has 0 aromatic carbocycles. The first-order chi connectivity index (χ1) is 9.16. The fourth-order valence-corrected chi connectivity index (χ4v) is 2.13. The third-order valence-corrected chi connectivity index (χ3v) is 3.15. The Kier molecular flexibility index (Phi) is 4.54. The molecule has 0 aromatic heterocycles. The number of amides is 2. The summed E-state index contributed by atoms with van der Waals surface area (Å²) in [5.41, 5.74) is 0. The van der Waals surface area contributed by atoms with Gasteiger partial charge in [-0.3, -0.25) is 14.4 Å². The van der Waals surface area contributed by atoms with Gasteiger partial charge >= 0.3 is 6.16 Å². The predicted molar refractivity (Wildman–Crippen MR) is 66.8 cm³/mol. The molecule has 1 fully saturated rings. The average Bonchev–Trinajstić information content (AvgIpc) is 2.64. The van der Waals surface area contributed by atoms with Crippen LogP contribution < -0.4 is 0 Å². The van der Waals surface area contributed by atoms with E-state index in [1.807, 2.05) is 0 Å². The molecule has 1 saturated heterocycles. The molecule has 2 rings (SSSR count). The third kappa shape index (κ3) is 3.81. The second kappa shape index (κ2) is 6.36. The zero-order valence-corrected chi connectivity index (χ0v) is 10.7. The van der Waals surface area contributed by atoms with Crippen LogP contribution in [0.2, 0.25) is 0 Å². The van der Waals surface area contributed by atoms with Crippen molar-refractivity contribution >= 4 is 18.0 Å². The van der Waals surface area contributed by atoms with Gasteiger partial charge in [0.05, 0.1) is 0 Å². The molecule has 2 aliphatic rings. The monoisotopic (exact) mass is 269 g/mol. The fraction of sp³-hybridized carbons (Fsp3) is 0.615. The summed E-state index contributed by atoms with van der Waals surface area (Å²) in [5, 5.41) is 0.505.